The molecule has 5 nitrogen and oxygen atoms in total. The maximum Gasteiger partial charge on any atom is 0.261 e. The Hall–Kier alpha value is -2.86. The van der Waals surface area contributed by atoms with E-state index >= 15 is 0 Å². The quantitative estimate of drug-likeness (QED) is 0.756. The van der Waals surface area contributed by atoms with Crippen molar-refractivity contribution >= 4 is 17.2 Å². The highest BCUT2D eigenvalue weighted by Gasteiger charge is 2.16. The summed E-state index contributed by atoms with van der Waals surface area (Å²) in [6, 6.07) is 15.2. The van der Waals surface area contributed by atoms with Gasteiger partial charge in [0.05, 0.1) is 16.6 Å². The fraction of sp³-hybridized carbons (Fsp3) is 0.200. The Bertz CT molecular complexity index is 924. The lowest BCUT2D eigenvalue weighted by atomic mass is 10.1. The van der Waals surface area contributed by atoms with E-state index in [9.17, 15) is 4.79 Å². The summed E-state index contributed by atoms with van der Waals surface area (Å²) in [5.74, 6) is 1.41. The van der Waals surface area contributed by atoms with Crippen LogP contribution in [0.4, 0.5) is 0 Å². The second kappa shape index (κ2) is 7.17. The number of fused-ring (bicyclic) bond motifs is 1. The Morgan fingerprint density at radius 2 is 1.96 bits per heavy atom. The summed E-state index contributed by atoms with van der Waals surface area (Å²) < 4.78 is 11.2. The summed E-state index contributed by atoms with van der Waals surface area (Å²) in [5.41, 5.74) is 1.85. The zero-order valence-corrected chi connectivity index (χ0v) is 15.1. The molecule has 2 aromatic heterocycles. The number of rotatable bonds is 4. The van der Waals surface area contributed by atoms with E-state index in [1.165, 1.54) is 11.3 Å². The van der Waals surface area contributed by atoms with Crippen molar-refractivity contribution in [2.24, 2.45) is 0 Å². The van der Waals surface area contributed by atoms with Gasteiger partial charge >= 0.3 is 0 Å². The second-order valence-electron chi connectivity index (χ2n) is 5.97. The van der Waals surface area contributed by atoms with Crippen molar-refractivity contribution in [1.82, 2.24) is 10.3 Å². The van der Waals surface area contributed by atoms with E-state index in [1.807, 2.05) is 55.5 Å². The molecule has 1 unspecified atom stereocenters. The van der Waals surface area contributed by atoms with Gasteiger partial charge < -0.3 is 14.8 Å². The number of hydrogen-bond donors (Lipinski definition) is 1. The van der Waals surface area contributed by atoms with Gasteiger partial charge in [-0.25, -0.2) is 0 Å². The van der Waals surface area contributed by atoms with Gasteiger partial charge in [0.15, 0.2) is 11.5 Å². The van der Waals surface area contributed by atoms with Gasteiger partial charge in [0.1, 0.15) is 13.2 Å². The number of carbonyl (C=O) groups is 1. The minimum atomic E-state index is -0.149. The van der Waals surface area contributed by atoms with E-state index in [0.717, 1.165) is 27.6 Å². The van der Waals surface area contributed by atoms with Crippen molar-refractivity contribution in [3.8, 4) is 21.9 Å². The van der Waals surface area contributed by atoms with Crippen LogP contribution >= 0.6 is 11.3 Å². The molecule has 3 heterocycles. The van der Waals surface area contributed by atoms with Crippen LogP contribution in [0.1, 0.15) is 28.3 Å². The molecule has 1 atom stereocenters. The number of nitrogens with one attached hydrogen (secondary N) is 1. The molecule has 0 radical (unpaired) electrons. The predicted molar refractivity (Wildman–Crippen MR) is 101 cm³/mol. The normalized spacial score (nSPS) is 13.9. The Kier molecular flexibility index (Phi) is 4.58. The van der Waals surface area contributed by atoms with Gasteiger partial charge in [0, 0.05) is 11.1 Å². The fourth-order valence-corrected chi connectivity index (χ4v) is 3.69. The molecule has 1 aliphatic heterocycles. The first-order valence-corrected chi connectivity index (χ1v) is 9.24. The molecule has 0 saturated heterocycles. The molecule has 0 fully saturated rings. The van der Waals surface area contributed by atoms with E-state index in [0.29, 0.717) is 18.1 Å². The maximum absolute atomic E-state index is 12.5. The summed E-state index contributed by atoms with van der Waals surface area (Å²) in [5, 5.41) is 2.99. The molecular weight excluding hydrogens is 348 g/mol. The lowest BCUT2D eigenvalue weighted by molar-refractivity contribution is 0.0943. The van der Waals surface area contributed by atoms with Gasteiger partial charge in [-0.1, -0.05) is 6.07 Å². The summed E-state index contributed by atoms with van der Waals surface area (Å²) in [6.45, 7) is 3.06. The van der Waals surface area contributed by atoms with Gasteiger partial charge in [-0.3, -0.25) is 9.78 Å². The van der Waals surface area contributed by atoms with E-state index in [1.54, 1.807) is 6.20 Å². The summed E-state index contributed by atoms with van der Waals surface area (Å²) in [4.78, 5) is 18.5. The maximum atomic E-state index is 12.5. The van der Waals surface area contributed by atoms with E-state index in [2.05, 4.69) is 10.3 Å². The Morgan fingerprint density at radius 1 is 1.12 bits per heavy atom. The zero-order chi connectivity index (χ0) is 17.9. The molecule has 1 aliphatic rings. The van der Waals surface area contributed by atoms with E-state index in [-0.39, 0.29) is 11.9 Å². The average Bonchev–Trinajstić information content (AvgIpc) is 3.18. The number of aromatic nitrogens is 1. The monoisotopic (exact) mass is 366 g/mol. The molecule has 132 valence electrons. The van der Waals surface area contributed by atoms with Crippen LogP contribution in [0.2, 0.25) is 0 Å². The highest BCUT2D eigenvalue weighted by atomic mass is 32.1. The fourth-order valence-electron chi connectivity index (χ4n) is 2.79. The van der Waals surface area contributed by atoms with Gasteiger partial charge in [-0.05, 0) is 55.0 Å². The SMILES string of the molecule is CC(NC(=O)c1ccc(-c2ccc3c(c2)OCCO3)s1)c1ccccn1. The number of pyridine rings is 1. The van der Waals surface area contributed by atoms with Crippen LogP contribution in [0.25, 0.3) is 10.4 Å². The van der Waals surface area contributed by atoms with E-state index in [4.69, 9.17) is 9.47 Å². The topological polar surface area (TPSA) is 60.5 Å². The third-order valence-electron chi connectivity index (χ3n) is 4.14. The van der Waals surface area contributed by atoms with Gasteiger partial charge in [0.2, 0.25) is 0 Å². The van der Waals surface area contributed by atoms with Crippen molar-refractivity contribution in [2.45, 2.75) is 13.0 Å². The first-order chi connectivity index (χ1) is 12.7. The molecular formula is C20H18N2O3S. The Balaban J connectivity index is 1.50. The van der Waals surface area contributed by atoms with Crippen molar-refractivity contribution in [1.29, 1.82) is 0 Å². The highest BCUT2D eigenvalue weighted by Crippen LogP contribution is 2.36. The molecule has 4 rings (SSSR count). The summed E-state index contributed by atoms with van der Waals surface area (Å²) in [6.07, 6.45) is 1.73. The highest BCUT2D eigenvalue weighted by molar-refractivity contribution is 7.17. The van der Waals surface area contributed by atoms with Crippen LogP contribution in [-0.4, -0.2) is 24.1 Å². The second-order valence-corrected chi connectivity index (χ2v) is 7.06. The number of thiophene rings is 1. The number of amides is 1. The third-order valence-corrected chi connectivity index (χ3v) is 5.27. The number of hydrogen-bond acceptors (Lipinski definition) is 5. The van der Waals surface area contributed by atoms with Crippen LogP contribution in [0, 0.1) is 0 Å². The molecule has 3 aromatic rings. The molecule has 0 bridgehead atoms. The minimum absolute atomic E-state index is 0.100. The molecule has 0 aliphatic carbocycles. The Labute approximate surface area is 155 Å². The first kappa shape index (κ1) is 16.6. The standard InChI is InChI=1S/C20H18N2O3S/c1-13(15-4-2-3-9-21-15)22-20(23)19-8-7-18(26-19)14-5-6-16-17(12-14)25-11-10-24-16/h2-9,12-13H,10-11H2,1H3,(H,22,23). The molecule has 26 heavy (non-hydrogen) atoms. The average molecular weight is 366 g/mol. The van der Waals surface area contributed by atoms with Gasteiger partial charge in [-0.15, -0.1) is 11.3 Å². The summed E-state index contributed by atoms with van der Waals surface area (Å²) >= 11 is 1.45. The smallest absolute Gasteiger partial charge is 0.261 e. The van der Waals surface area contributed by atoms with Crippen LogP contribution in [0.15, 0.2) is 54.7 Å². The van der Waals surface area contributed by atoms with Gasteiger partial charge in [0.25, 0.3) is 5.91 Å². The van der Waals surface area contributed by atoms with Gasteiger partial charge in [-0.2, -0.15) is 0 Å². The van der Waals surface area contributed by atoms with Crippen molar-refractivity contribution in [3.63, 3.8) is 0 Å². The molecule has 1 N–H and O–H groups in total. The van der Waals surface area contributed by atoms with E-state index < -0.39 is 0 Å². The lowest BCUT2D eigenvalue weighted by Crippen LogP contribution is -2.26. The zero-order valence-electron chi connectivity index (χ0n) is 14.3. The minimum Gasteiger partial charge on any atom is -0.486 e. The Morgan fingerprint density at radius 3 is 2.77 bits per heavy atom. The number of benzene rings is 1. The largest absolute Gasteiger partial charge is 0.486 e. The van der Waals surface area contributed by atoms with Crippen LogP contribution < -0.4 is 14.8 Å². The lowest BCUT2D eigenvalue weighted by Gasteiger charge is -2.18. The van der Waals surface area contributed by atoms with Crippen molar-refractivity contribution in [3.05, 3.63) is 65.3 Å². The summed E-state index contributed by atoms with van der Waals surface area (Å²) in [7, 11) is 0. The molecule has 1 aromatic carbocycles. The van der Waals surface area contributed by atoms with Crippen LogP contribution in [-0.2, 0) is 0 Å². The third kappa shape index (κ3) is 3.41. The van der Waals surface area contributed by atoms with Crippen molar-refractivity contribution < 1.29 is 14.3 Å². The number of nitrogens with zero attached hydrogens (tertiary/aromatic N) is 1. The molecule has 1 amide bonds. The van der Waals surface area contributed by atoms with Crippen LogP contribution in [0.5, 0.6) is 11.5 Å². The van der Waals surface area contributed by atoms with Crippen molar-refractivity contribution in [2.75, 3.05) is 13.2 Å². The number of carbonyl (C=O) groups excluding carboxylic acids is 1. The van der Waals surface area contributed by atoms with Crippen LogP contribution in [0.3, 0.4) is 0 Å². The molecule has 0 spiro atoms. The molecule has 0 saturated carbocycles. The first-order valence-electron chi connectivity index (χ1n) is 8.42. The number of ether oxygens (including phenoxy) is 2. The molecule has 6 heteroatoms. The predicted octanol–water partition coefficient (Wildman–Crippen LogP) is 4.07.